The molecule has 2 N–H and O–H groups in total. The first-order chi connectivity index (χ1) is 13.8. The second-order valence-corrected chi connectivity index (χ2v) is 7.05. The van der Waals surface area contributed by atoms with Gasteiger partial charge in [-0.15, -0.1) is 0 Å². The van der Waals surface area contributed by atoms with Gasteiger partial charge < -0.3 is 15.4 Å². The smallest absolute Gasteiger partial charge is 0.387 e. The van der Waals surface area contributed by atoms with Crippen molar-refractivity contribution in [3.8, 4) is 5.75 Å². The van der Waals surface area contributed by atoms with E-state index in [1.165, 1.54) is 6.07 Å². The molecule has 0 amide bonds. The molecule has 2 aromatic carbocycles. The van der Waals surface area contributed by atoms with Gasteiger partial charge in [0.25, 0.3) is 0 Å². The highest BCUT2D eigenvalue weighted by Gasteiger charge is 2.15. The first kappa shape index (κ1) is 20.7. The summed E-state index contributed by atoms with van der Waals surface area (Å²) < 4.78 is 31.8. The van der Waals surface area contributed by atoms with E-state index in [2.05, 4.69) is 20.5 Å². The number of nitrogens with one attached hydrogen (secondary N) is 2. The zero-order valence-corrected chi connectivity index (χ0v) is 17.2. The average molecular weight is 416 g/mol. The van der Waals surface area contributed by atoms with Crippen LogP contribution in [0.15, 0.2) is 48.5 Å². The molecule has 8 heteroatoms. The number of rotatable bonds is 6. The van der Waals surface area contributed by atoms with E-state index in [-0.39, 0.29) is 10.9 Å². The maximum Gasteiger partial charge on any atom is 0.387 e. The van der Waals surface area contributed by atoms with Crippen LogP contribution in [0.4, 0.5) is 20.2 Å². The number of alkyl halides is 2. The Bertz CT molecular complexity index is 1010. The molecule has 1 heterocycles. The lowest BCUT2D eigenvalue weighted by Gasteiger charge is -2.15. The van der Waals surface area contributed by atoms with Crippen LogP contribution in [0.1, 0.15) is 22.5 Å². The molecular weight excluding hydrogens is 394 g/mol. The molecule has 0 bridgehead atoms. The van der Waals surface area contributed by atoms with Crippen LogP contribution in [0, 0.1) is 20.8 Å². The van der Waals surface area contributed by atoms with Crippen molar-refractivity contribution in [3.05, 3.63) is 71.0 Å². The number of hydrogen-bond donors (Lipinski definition) is 2. The molecule has 0 fully saturated rings. The summed E-state index contributed by atoms with van der Waals surface area (Å²) in [5.74, 6) is 0.0305. The SMILES string of the molecule is Cc1ccc(OC(F)F)c(NC(=S)Nc2c(C)nn(Cc3ccccc3)c2C)c1. The Labute approximate surface area is 173 Å². The van der Waals surface area contributed by atoms with Crippen molar-refractivity contribution in [1.29, 1.82) is 0 Å². The second-order valence-electron chi connectivity index (χ2n) is 6.65. The number of ether oxygens (including phenoxy) is 1. The van der Waals surface area contributed by atoms with Crippen LogP contribution in [-0.2, 0) is 6.54 Å². The fourth-order valence-corrected chi connectivity index (χ4v) is 3.21. The van der Waals surface area contributed by atoms with Crippen LogP contribution in [0.2, 0.25) is 0 Å². The van der Waals surface area contributed by atoms with Gasteiger partial charge in [0.2, 0.25) is 0 Å². The fraction of sp³-hybridized carbons (Fsp3) is 0.238. The van der Waals surface area contributed by atoms with Gasteiger partial charge in [-0.05, 0) is 56.2 Å². The minimum absolute atomic E-state index is 0.0305. The van der Waals surface area contributed by atoms with Crippen LogP contribution in [0.3, 0.4) is 0 Å². The monoisotopic (exact) mass is 416 g/mol. The number of anilines is 2. The molecular formula is C21H22F2N4OS. The van der Waals surface area contributed by atoms with Crippen LogP contribution >= 0.6 is 12.2 Å². The minimum Gasteiger partial charge on any atom is -0.433 e. The van der Waals surface area contributed by atoms with E-state index in [9.17, 15) is 8.78 Å². The Balaban J connectivity index is 1.76. The Kier molecular flexibility index (Phi) is 6.43. The summed E-state index contributed by atoms with van der Waals surface area (Å²) in [7, 11) is 0. The van der Waals surface area contributed by atoms with Crippen molar-refractivity contribution < 1.29 is 13.5 Å². The van der Waals surface area contributed by atoms with Crippen molar-refractivity contribution in [2.45, 2.75) is 33.9 Å². The normalized spacial score (nSPS) is 10.8. The van der Waals surface area contributed by atoms with E-state index in [0.29, 0.717) is 12.2 Å². The van der Waals surface area contributed by atoms with E-state index >= 15 is 0 Å². The molecule has 152 valence electrons. The predicted molar refractivity (Wildman–Crippen MR) is 115 cm³/mol. The lowest BCUT2D eigenvalue weighted by molar-refractivity contribution is -0.0493. The molecule has 3 rings (SSSR count). The van der Waals surface area contributed by atoms with Gasteiger partial charge in [0.05, 0.1) is 29.3 Å². The van der Waals surface area contributed by atoms with Crippen molar-refractivity contribution in [2.75, 3.05) is 10.6 Å². The lowest BCUT2D eigenvalue weighted by Crippen LogP contribution is -2.21. The molecule has 0 saturated carbocycles. The van der Waals surface area contributed by atoms with Gasteiger partial charge in [-0.2, -0.15) is 13.9 Å². The Morgan fingerprint density at radius 2 is 1.83 bits per heavy atom. The third-order valence-electron chi connectivity index (χ3n) is 4.39. The number of thiocarbonyl (C=S) groups is 1. The summed E-state index contributed by atoms with van der Waals surface area (Å²) in [5.41, 5.74) is 4.88. The number of halogens is 2. The lowest BCUT2D eigenvalue weighted by atomic mass is 10.2. The van der Waals surface area contributed by atoms with E-state index in [0.717, 1.165) is 28.2 Å². The number of hydrogen-bond acceptors (Lipinski definition) is 3. The summed E-state index contributed by atoms with van der Waals surface area (Å²) in [6.45, 7) is 3.42. The average Bonchev–Trinajstić information content (AvgIpc) is 2.92. The first-order valence-electron chi connectivity index (χ1n) is 9.05. The van der Waals surface area contributed by atoms with Crippen LogP contribution in [0.25, 0.3) is 0 Å². The summed E-state index contributed by atoms with van der Waals surface area (Å²) in [6.07, 6.45) is 0. The number of aryl methyl sites for hydroxylation is 2. The highest BCUT2D eigenvalue weighted by molar-refractivity contribution is 7.80. The number of aromatic nitrogens is 2. The molecule has 0 unspecified atom stereocenters. The molecule has 3 aromatic rings. The standard InChI is InChI=1S/C21H22F2N4OS/c1-13-9-10-18(28-20(22)23)17(11-13)24-21(29)25-19-14(2)26-27(15(19)3)12-16-7-5-4-6-8-16/h4-11,20H,12H2,1-3H3,(H2,24,25,29). The van der Waals surface area contributed by atoms with E-state index in [1.54, 1.807) is 12.1 Å². The Morgan fingerprint density at radius 1 is 1.10 bits per heavy atom. The molecule has 0 atom stereocenters. The summed E-state index contributed by atoms with van der Waals surface area (Å²) in [6, 6.07) is 14.9. The topological polar surface area (TPSA) is 51.1 Å². The molecule has 29 heavy (non-hydrogen) atoms. The zero-order valence-electron chi connectivity index (χ0n) is 16.4. The van der Waals surface area contributed by atoms with Gasteiger partial charge in [0.15, 0.2) is 5.11 Å². The number of benzene rings is 2. The van der Waals surface area contributed by atoms with Gasteiger partial charge >= 0.3 is 6.61 Å². The Morgan fingerprint density at radius 3 is 2.52 bits per heavy atom. The molecule has 0 spiro atoms. The molecule has 0 aliphatic carbocycles. The van der Waals surface area contributed by atoms with Crippen molar-refractivity contribution in [2.24, 2.45) is 0 Å². The van der Waals surface area contributed by atoms with Crippen LogP contribution in [0.5, 0.6) is 5.75 Å². The highest BCUT2D eigenvalue weighted by atomic mass is 32.1. The minimum atomic E-state index is -2.92. The molecule has 5 nitrogen and oxygen atoms in total. The van der Waals surface area contributed by atoms with Crippen molar-refractivity contribution in [3.63, 3.8) is 0 Å². The van der Waals surface area contributed by atoms with Gasteiger partial charge in [0, 0.05) is 0 Å². The summed E-state index contributed by atoms with van der Waals surface area (Å²) >= 11 is 5.39. The largest absolute Gasteiger partial charge is 0.433 e. The third kappa shape index (κ3) is 5.29. The van der Waals surface area contributed by atoms with E-state index in [4.69, 9.17) is 12.2 Å². The molecule has 0 saturated heterocycles. The van der Waals surface area contributed by atoms with E-state index in [1.807, 2.05) is 55.8 Å². The van der Waals surface area contributed by atoms with Crippen molar-refractivity contribution >= 4 is 28.7 Å². The summed E-state index contributed by atoms with van der Waals surface area (Å²) in [5, 5.41) is 10.9. The fourth-order valence-electron chi connectivity index (χ4n) is 3.00. The van der Waals surface area contributed by atoms with Gasteiger partial charge in [0.1, 0.15) is 5.75 Å². The van der Waals surface area contributed by atoms with Crippen LogP contribution < -0.4 is 15.4 Å². The quantitative estimate of drug-likeness (QED) is 0.537. The molecule has 0 aliphatic heterocycles. The molecule has 1 aromatic heterocycles. The highest BCUT2D eigenvalue weighted by Crippen LogP contribution is 2.28. The molecule has 0 radical (unpaired) electrons. The maximum absolute atomic E-state index is 12.7. The molecule has 0 aliphatic rings. The van der Waals surface area contributed by atoms with Gasteiger partial charge in [-0.1, -0.05) is 36.4 Å². The van der Waals surface area contributed by atoms with Crippen molar-refractivity contribution in [1.82, 2.24) is 9.78 Å². The number of nitrogens with zero attached hydrogens (tertiary/aromatic N) is 2. The first-order valence-corrected chi connectivity index (χ1v) is 9.45. The second kappa shape index (κ2) is 9.00. The van der Waals surface area contributed by atoms with E-state index < -0.39 is 6.61 Å². The van der Waals surface area contributed by atoms with Crippen LogP contribution in [-0.4, -0.2) is 21.5 Å². The Hall–Kier alpha value is -3.00. The van der Waals surface area contributed by atoms with Gasteiger partial charge in [-0.25, -0.2) is 0 Å². The zero-order chi connectivity index (χ0) is 21.0. The summed E-state index contributed by atoms with van der Waals surface area (Å²) in [4.78, 5) is 0. The third-order valence-corrected chi connectivity index (χ3v) is 4.60. The predicted octanol–water partition coefficient (Wildman–Crippen LogP) is 5.27. The maximum atomic E-state index is 12.7. The van der Waals surface area contributed by atoms with Gasteiger partial charge in [-0.3, -0.25) is 4.68 Å².